The van der Waals surface area contributed by atoms with Gasteiger partial charge in [-0.15, -0.1) is 6.58 Å². The van der Waals surface area contributed by atoms with E-state index in [1.807, 2.05) is 6.92 Å². The molecular weight excluding hydrogens is 208 g/mol. The van der Waals surface area contributed by atoms with E-state index in [4.69, 9.17) is 4.74 Å². The third kappa shape index (κ3) is 8.18. The summed E-state index contributed by atoms with van der Waals surface area (Å²) in [6.07, 6.45) is 2.22. The molecule has 0 saturated heterocycles. The Bertz CT molecular complexity index is 234. The predicted molar refractivity (Wildman–Crippen MR) is 52.1 cm³/mol. The van der Waals surface area contributed by atoms with Crippen LogP contribution >= 0.6 is 0 Å². The van der Waals surface area contributed by atoms with Crippen molar-refractivity contribution in [2.24, 2.45) is 0 Å². The fourth-order valence-corrected chi connectivity index (χ4v) is 1.21. The predicted octanol–water partition coefficient (Wildman–Crippen LogP) is 0.877. The Morgan fingerprint density at radius 3 is 2.50 bits per heavy atom. The fourth-order valence-electron chi connectivity index (χ4n) is 0.607. The number of rotatable bonds is 9. The summed E-state index contributed by atoms with van der Waals surface area (Å²) in [6, 6.07) is 0. The van der Waals surface area contributed by atoms with Gasteiger partial charge in [0.15, 0.2) is 0 Å². The van der Waals surface area contributed by atoms with Crippen molar-refractivity contribution in [2.75, 3.05) is 26.4 Å². The van der Waals surface area contributed by atoms with Gasteiger partial charge in [0.05, 0.1) is 19.8 Å². The molecule has 0 aromatic heterocycles. The Balaban J connectivity index is 3.50. The topological polar surface area (TPSA) is 61.8 Å². The van der Waals surface area contributed by atoms with Crippen molar-refractivity contribution in [3.05, 3.63) is 12.7 Å². The Morgan fingerprint density at radius 1 is 1.21 bits per heavy atom. The monoisotopic (exact) mass is 224 g/mol. The van der Waals surface area contributed by atoms with E-state index in [0.717, 1.165) is 6.42 Å². The lowest BCUT2D eigenvalue weighted by atomic mass is 10.5. The first kappa shape index (κ1) is 13.6. The third-order valence-corrected chi connectivity index (χ3v) is 2.01. The Morgan fingerprint density at radius 2 is 1.93 bits per heavy atom. The normalized spacial score (nSPS) is 11.5. The summed E-state index contributed by atoms with van der Waals surface area (Å²) < 4.78 is 35.6. The van der Waals surface area contributed by atoms with Crippen LogP contribution in [0, 0.1) is 0 Å². The van der Waals surface area contributed by atoms with Gasteiger partial charge in [0.2, 0.25) is 0 Å². The average Bonchev–Trinajstić information content (AvgIpc) is 2.15. The highest BCUT2D eigenvalue weighted by Crippen LogP contribution is 1.95. The zero-order valence-electron chi connectivity index (χ0n) is 8.27. The summed E-state index contributed by atoms with van der Waals surface area (Å²) in [5, 5.41) is 0. The van der Waals surface area contributed by atoms with Gasteiger partial charge in [-0.3, -0.25) is 0 Å². The summed E-state index contributed by atoms with van der Waals surface area (Å²) in [4.78, 5) is 0. The molecule has 0 N–H and O–H groups in total. The van der Waals surface area contributed by atoms with Gasteiger partial charge in [-0.2, -0.15) is 8.42 Å². The minimum Gasteiger partial charge on any atom is -0.379 e. The van der Waals surface area contributed by atoms with Crippen molar-refractivity contribution >= 4 is 10.4 Å². The molecule has 0 aliphatic rings. The zero-order valence-corrected chi connectivity index (χ0v) is 9.09. The molecular formula is C8H16O5S. The van der Waals surface area contributed by atoms with Crippen LogP contribution in [-0.4, -0.2) is 34.8 Å². The second kappa shape index (κ2) is 7.93. The number of ether oxygens (including phenoxy) is 1. The van der Waals surface area contributed by atoms with E-state index in [9.17, 15) is 8.42 Å². The van der Waals surface area contributed by atoms with Crippen LogP contribution in [0.2, 0.25) is 0 Å². The lowest BCUT2D eigenvalue weighted by Crippen LogP contribution is -2.14. The first-order chi connectivity index (χ1) is 6.62. The van der Waals surface area contributed by atoms with E-state index in [0.29, 0.717) is 6.61 Å². The van der Waals surface area contributed by atoms with Gasteiger partial charge in [-0.05, 0) is 6.42 Å². The largest absolute Gasteiger partial charge is 0.400 e. The zero-order chi connectivity index (χ0) is 10.9. The SMILES string of the molecule is C=CCOS(=O)(=O)OCCOCCC. The summed E-state index contributed by atoms with van der Waals surface area (Å²) in [6.45, 7) is 6.00. The van der Waals surface area contributed by atoms with E-state index in [1.165, 1.54) is 6.08 Å². The summed E-state index contributed by atoms with van der Waals surface area (Å²) in [5.74, 6) is 0. The molecule has 84 valence electrons. The molecule has 0 rings (SSSR count). The maximum atomic E-state index is 10.9. The van der Waals surface area contributed by atoms with E-state index < -0.39 is 10.4 Å². The van der Waals surface area contributed by atoms with Gasteiger partial charge >= 0.3 is 10.4 Å². The van der Waals surface area contributed by atoms with E-state index in [-0.39, 0.29) is 19.8 Å². The molecule has 0 spiro atoms. The molecule has 0 fully saturated rings. The highest BCUT2D eigenvalue weighted by atomic mass is 32.3. The molecule has 0 aliphatic carbocycles. The van der Waals surface area contributed by atoms with E-state index >= 15 is 0 Å². The molecule has 0 radical (unpaired) electrons. The van der Waals surface area contributed by atoms with Gasteiger partial charge in [-0.25, -0.2) is 8.37 Å². The summed E-state index contributed by atoms with van der Waals surface area (Å²) in [7, 11) is -3.88. The standard InChI is InChI=1S/C8H16O5S/c1-3-5-11-7-8-13-14(9,10)12-6-4-2/h4H,2-3,5-8H2,1H3. The van der Waals surface area contributed by atoms with Crippen molar-refractivity contribution < 1.29 is 21.5 Å². The lowest BCUT2D eigenvalue weighted by Gasteiger charge is -2.04. The minimum absolute atomic E-state index is 0.0283. The van der Waals surface area contributed by atoms with Crippen molar-refractivity contribution in [3.8, 4) is 0 Å². The maximum absolute atomic E-state index is 10.9. The summed E-state index contributed by atoms with van der Waals surface area (Å²) in [5.41, 5.74) is 0. The van der Waals surface area contributed by atoms with Crippen molar-refractivity contribution in [3.63, 3.8) is 0 Å². The Labute approximate surface area is 85.0 Å². The molecule has 0 amide bonds. The van der Waals surface area contributed by atoms with Gasteiger partial charge < -0.3 is 4.74 Å². The molecule has 6 heteroatoms. The van der Waals surface area contributed by atoms with Crippen LogP contribution in [-0.2, 0) is 23.5 Å². The quantitative estimate of drug-likeness (QED) is 0.429. The Kier molecular flexibility index (Phi) is 7.68. The van der Waals surface area contributed by atoms with Gasteiger partial charge in [-0.1, -0.05) is 13.0 Å². The lowest BCUT2D eigenvalue weighted by molar-refractivity contribution is 0.0949. The van der Waals surface area contributed by atoms with Crippen LogP contribution in [0.15, 0.2) is 12.7 Å². The van der Waals surface area contributed by atoms with E-state index in [1.54, 1.807) is 0 Å². The molecule has 0 aromatic carbocycles. The van der Waals surface area contributed by atoms with Gasteiger partial charge in [0, 0.05) is 6.61 Å². The van der Waals surface area contributed by atoms with Crippen molar-refractivity contribution in [1.82, 2.24) is 0 Å². The smallest absolute Gasteiger partial charge is 0.379 e. The summed E-state index contributed by atoms with van der Waals surface area (Å²) >= 11 is 0. The first-order valence-corrected chi connectivity index (χ1v) is 5.68. The van der Waals surface area contributed by atoms with Crippen LogP contribution in [0.25, 0.3) is 0 Å². The molecule has 0 unspecified atom stereocenters. The second-order valence-corrected chi connectivity index (χ2v) is 3.70. The van der Waals surface area contributed by atoms with E-state index in [2.05, 4.69) is 14.9 Å². The van der Waals surface area contributed by atoms with Crippen LogP contribution in [0.4, 0.5) is 0 Å². The molecule has 5 nitrogen and oxygen atoms in total. The average molecular weight is 224 g/mol. The minimum atomic E-state index is -3.88. The molecule has 0 bridgehead atoms. The fraction of sp³-hybridized carbons (Fsp3) is 0.750. The molecule has 0 atom stereocenters. The molecule has 0 saturated carbocycles. The van der Waals surface area contributed by atoms with Crippen molar-refractivity contribution in [1.29, 1.82) is 0 Å². The molecule has 0 aromatic rings. The highest BCUT2D eigenvalue weighted by molar-refractivity contribution is 7.81. The van der Waals surface area contributed by atoms with Crippen LogP contribution in [0.3, 0.4) is 0 Å². The third-order valence-electron chi connectivity index (χ3n) is 1.13. The van der Waals surface area contributed by atoms with Crippen LogP contribution < -0.4 is 0 Å². The van der Waals surface area contributed by atoms with Crippen molar-refractivity contribution in [2.45, 2.75) is 13.3 Å². The highest BCUT2D eigenvalue weighted by Gasteiger charge is 2.09. The molecule has 0 heterocycles. The van der Waals surface area contributed by atoms with Gasteiger partial charge in [0.25, 0.3) is 0 Å². The second-order valence-electron chi connectivity index (χ2n) is 2.42. The maximum Gasteiger partial charge on any atom is 0.400 e. The molecule has 14 heavy (non-hydrogen) atoms. The van der Waals surface area contributed by atoms with Crippen LogP contribution in [0.5, 0.6) is 0 Å². The Hall–Kier alpha value is -0.430. The van der Waals surface area contributed by atoms with Gasteiger partial charge in [0.1, 0.15) is 0 Å². The number of hydrogen-bond acceptors (Lipinski definition) is 5. The molecule has 0 aliphatic heterocycles. The first-order valence-electron chi connectivity index (χ1n) is 4.34. The number of hydrogen-bond donors (Lipinski definition) is 0. The van der Waals surface area contributed by atoms with Crippen LogP contribution in [0.1, 0.15) is 13.3 Å².